The molecule has 0 radical (unpaired) electrons. The van der Waals surface area contributed by atoms with Crippen molar-refractivity contribution in [2.75, 3.05) is 7.11 Å². The van der Waals surface area contributed by atoms with E-state index >= 15 is 0 Å². The van der Waals surface area contributed by atoms with Crippen LogP contribution >= 0.6 is 0 Å². The second kappa shape index (κ2) is 4.23. The van der Waals surface area contributed by atoms with E-state index in [1.54, 1.807) is 13.8 Å². The summed E-state index contributed by atoms with van der Waals surface area (Å²) in [6.45, 7) is 3.41. The van der Waals surface area contributed by atoms with Crippen LogP contribution in [0.3, 0.4) is 0 Å². The van der Waals surface area contributed by atoms with Crippen molar-refractivity contribution < 1.29 is 24.5 Å². The monoisotopic (exact) mass is 190 g/mol. The van der Waals surface area contributed by atoms with Crippen molar-refractivity contribution in [3.63, 3.8) is 0 Å². The molecule has 0 aromatic heterocycles. The Morgan fingerprint density at radius 1 is 1.46 bits per heavy atom. The van der Waals surface area contributed by atoms with Crippen molar-refractivity contribution >= 4 is 11.9 Å². The molecule has 76 valence electrons. The van der Waals surface area contributed by atoms with Crippen molar-refractivity contribution in [2.24, 2.45) is 5.92 Å². The average molecular weight is 190 g/mol. The van der Waals surface area contributed by atoms with Crippen LogP contribution < -0.4 is 0 Å². The fraction of sp³-hybridized carbons (Fsp3) is 0.750. The first-order valence-electron chi connectivity index (χ1n) is 3.88. The van der Waals surface area contributed by atoms with Gasteiger partial charge in [0.1, 0.15) is 0 Å². The van der Waals surface area contributed by atoms with Gasteiger partial charge in [-0.2, -0.15) is 0 Å². The maximum absolute atomic E-state index is 11.0. The first kappa shape index (κ1) is 11.9. The standard InChI is InChI=1S/C8H14O5/c1-5(2)4-8(12,6(9)10)7(11)13-3/h5,12H,4H2,1-3H3,(H,9,10). The molecule has 5 heteroatoms. The molecule has 0 aliphatic rings. The van der Waals surface area contributed by atoms with Gasteiger partial charge in [-0.3, -0.25) is 0 Å². The lowest BCUT2D eigenvalue weighted by Gasteiger charge is -2.21. The van der Waals surface area contributed by atoms with Crippen LogP contribution in [0.2, 0.25) is 0 Å². The molecule has 13 heavy (non-hydrogen) atoms. The number of ether oxygens (including phenoxy) is 1. The maximum atomic E-state index is 11.0. The molecule has 2 N–H and O–H groups in total. The molecule has 0 aromatic carbocycles. The number of methoxy groups -OCH3 is 1. The van der Waals surface area contributed by atoms with E-state index in [4.69, 9.17) is 5.11 Å². The van der Waals surface area contributed by atoms with Crippen molar-refractivity contribution in [3.05, 3.63) is 0 Å². The smallest absolute Gasteiger partial charge is 0.349 e. The zero-order valence-electron chi connectivity index (χ0n) is 7.90. The molecule has 0 rings (SSSR count). The van der Waals surface area contributed by atoms with Crippen LogP contribution in [0.25, 0.3) is 0 Å². The van der Waals surface area contributed by atoms with Gasteiger partial charge in [-0.25, -0.2) is 9.59 Å². The van der Waals surface area contributed by atoms with Gasteiger partial charge in [0.25, 0.3) is 5.60 Å². The molecule has 0 amide bonds. The Hall–Kier alpha value is -1.10. The van der Waals surface area contributed by atoms with Crippen molar-refractivity contribution in [3.8, 4) is 0 Å². The predicted octanol–water partition coefficient (Wildman–Crippen LogP) is 0.0212. The van der Waals surface area contributed by atoms with Crippen LogP contribution in [0.5, 0.6) is 0 Å². The largest absolute Gasteiger partial charge is 0.479 e. The normalized spacial score (nSPS) is 15.2. The van der Waals surface area contributed by atoms with Crippen LogP contribution in [0.15, 0.2) is 0 Å². The summed E-state index contributed by atoms with van der Waals surface area (Å²) < 4.78 is 4.21. The van der Waals surface area contributed by atoms with Gasteiger partial charge in [0.05, 0.1) is 7.11 Å². The Morgan fingerprint density at radius 2 is 1.92 bits per heavy atom. The van der Waals surface area contributed by atoms with E-state index in [9.17, 15) is 14.7 Å². The minimum atomic E-state index is -2.41. The van der Waals surface area contributed by atoms with Crippen LogP contribution in [0.1, 0.15) is 20.3 Å². The van der Waals surface area contributed by atoms with Gasteiger partial charge in [0.15, 0.2) is 0 Å². The number of carbonyl (C=O) groups excluding carboxylic acids is 1. The molecule has 0 spiro atoms. The number of aliphatic hydroxyl groups is 1. The van der Waals surface area contributed by atoms with Crippen LogP contribution in [0, 0.1) is 5.92 Å². The third-order valence-electron chi connectivity index (χ3n) is 1.58. The Bertz CT molecular complexity index is 211. The molecular weight excluding hydrogens is 176 g/mol. The van der Waals surface area contributed by atoms with Crippen molar-refractivity contribution in [2.45, 2.75) is 25.9 Å². The van der Waals surface area contributed by atoms with Crippen molar-refractivity contribution in [1.29, 1.82) is 0 Å². The molecule has 0 heterocycles. The number of hydrogen-bond acceptors (Lipinski definition) is 4. The highest BCUT2D eigenvalue weighted by Gasteiger charge is 2.45. The minimum Gasteiger partial charge on any atom is -0.479 e. The number of esters is 1. The number of rotatable bonds is 4. The summed E-state index contributed by atoms with van der Waals surface area (Å²) in [5.74, 6) is -2.82. The van der Waals surface area contributed by atoms with E-state index in [1.807, 2.05) is 0 Å². The van der Waals surface area contributed by atoms with E-state index in [0.717, 1.165) is 7.11 Å². The molecule has 5 nitrogen and oxygen atoms in total. The Kier molecular flexibility index (Phi) is 3.87. The fourth-order valence-corrected chi connectivity index (χ4v) is 1.02. The summed E-state index contributed by atoms with van der Waals surface area (Å²) >= 11 is 0. The summed E-state index contributed by atoms with van der Waals surface area (Å²) in [6.07, 6.45) is -0.158. The third-order valence-corrected chi connectivity index (χ3v) is 1.58. The molecular formula is C8H14O5. The average Bonchev–Trinajstić information content (AvgIpc) is 2.01. The maximum Gasteiger partial charge on any atom is 0.349 e. The zero-order valence-corrected chi connectivity index (χ0v) is 7.90. The fourth-order valence-electron chi connectivity index (χ4n) is 1.02. The number of carboxylic acids is 1. The van der Waals surface area contributed by atoms with Gasteiger partial charge in [-0.1, -0.05) is 13.8 Å². The number of hydrogen-bond donors (Lipinski definition) is 2. The summed E-state index contributed by atoms with van der Waals surface area (Å²) in [7, 11) is 1.04. The van der Waals surface area contributed by atoms with E-state index in [0.29, 0.717) is 0 Å². The van der Waals surface area contributed by atoms with Crippen LogP contribution in [0.4, 0.5) is 0 Å². The van der Waals surface area contributed by atoms with Gasteiger partial charge in [-0.15, -0.1) is 0 Å². The molecule has 0 fully saturated rings. The van der Waals surface area contributed by atoms with Crippen molar-refractivity contribution in [1.82, 2.24) is 0 Å². The molecule has 0 bridgehead atoms. The summed E-state index contributed by atoms with van der Waals surface area (Å²) in [5.41, 5.74) is -2.41. The van der Waals surface area contributed by atoms with Gasteiger partial charge in [0, 0.05) is 6.42 Å². The zero-order chi connectivity index (χ0) is 10.6. The molecule has 0 saturated carbocycles. The van der Waals surface area contributed by atoms with E-state index in [1.165, 1.54) is 0 Å². The lowest BCUT2D eigenvalue weighted by atomic mass is 9.92. The summed E-state index contributed by atoms with van der Waals surface area (Å²) in [4.78, 5) is 21.6. The second-order valence-electron chi connectivity index (χ2n) is 3.25. The Balaban J connectivity index is 4.73. The SMILES string of the molecule is COC(=O)C(O)(CC(C)C)C(=O)O. The van der Waals surface area contributed by atoms with Gasteiger partial charge in [-0.05, 0) is 5.92 Å². The second-order valence-corrected chi connectivity index (χ2v) is 3.25. The number of carboxylic acid groups (broad SMARTS) is 1. The Morgan fingerprint density at radius 3 is 2.15 bits per heavy atom. The molecule has 0 aromatic rings. The number of aliphatic carboxylic acids is 1. The Labute approximate surface area is 76.3 Å². The quantitative estimate of drug-likeness (QED) is 0.482. The third kappa shape index (κ3) is 2.69. The first-order valence-corrected chi connectivity index (χ1v) is 3.88. The highest BCUT2D eigenvalue weighted by molar-refractivity contribution is 6.02. The van der Waals surface area contributed by atoms with Gasteiger partial charge >= 0.3 is 11.9 Å². The number of carbonyl (C=O) groups is 2. The molecule has 1 atom stereocenters. The lowest BCUT2D eigenvalue weighted by Crippen LogP contribution is -2.48. The molecule has 0 aliphatic heterocycles. The first-order chi connectivity index (χ1) is 5.84. The van der Waals surface area contributed by atoms with E-state index in [-0.39, 0.29) is 12.3 Å². The highest BCUT2D eigenvalue weighted by Crippen LogP contribution is 2.18. The topological polar surface area (TPSA) is 83.8 Å². The van der Waals surface area contributed by atoms with Gasteiger partial charge < -0.3 is 14.9 Å². The summed E-state index contributed by atoms with van der Waals surface area (Å²) in [5, 5.41) is 18.1. The predicted molar refractivity (Wildman–Crippen MR) is 44.1 cm³/mol. The molecule has 0 saturated heterocycles. The van der Waals surface area contributed by atoms with Crippen LogP contribution in [-0.4, -0.2) is 34.9 Å². The van der Waals surface area contributed by atoms with E-state index in [2.05, 4.69) is 4.74 Å². The minimum absolute atomic E-state index is 0.111. The highest BCUT2D eigenvalue weighted by atomic mass is 16.5. The summed E-state index contributed by atoms with van der Waals surface area (Å²) in [6, 6.07) is 0. The van der Waals surface area contributed by atoms with Crippen LogP contribution in [-0.2, 0) is 14.3 Å². The molecule has 1 unspecified atom stereocenters. The lowest BCUT2D eigenvalue weighted by molar-refractivity contribution is -0.180. The molecule has 0 aliphatic carbocycles. The van der Waals surface area contributed by atoms with Gasteiger partial charge in [0.2, 0.25) is 0 Å². The van der Waals surface area contributed by atoms with E-state index < -0.39 is 17.5 Å².